The Morgan fingerprint density at radius 2 is 2.08 bits per heavy atom. The first-order chi connectivity index (χ1) is 5.79. The molecule has 12 heavy (non-hydrogen) atoms. The Hall–Kier alpha value is -0.890. The number of hydrogen-bond acceptors (Lipinski definition) is 2. The minimum Gasteiger partial charge on any atom is -0.495 e. The summed E-state index contributed by atoms with van der Waals surface area (Å²) in [4.78, 5) is 1.92. The van der Waals surface area contributed by atoms with E-state index >= 15 is 0 Å². The van der Waals surface area contributed by atoms with Crippen molar-refractivity contribution in [2.24, 2.45) is 0 Å². The average Bonchev–Trinajstić information content (AvgIpc) is 2.16. The molecule has 0 spiro atoms. The van der Waals surface area contributed by atoms with Crippen LogP contribution >= 0.6 is 11.6 Å². The molecule has 0 saturated heterocycles. The van der Waals surface area contributed by atoms with Gasteiger partial charge in [0.2, 0.25) is 0 Å². The Kier molecular flexibility index (Phi) is 3.23. The lowest BCUT2D eigenvalue weighted by molar-refractivity contribution is 0.415. The van der Waals surface area contributed by atoms with E-state index in [0.29, 0.717) is 6.00 Å². The van der Waals surface area contributed by atoms with Gasteiger partial charge in [-0.1, -0.05) is 12.1 Å². The number of para-hydroxylation sites is 2. The Morgan fingerprint density at radius 1 is 1.42 bits per heavy atom. The molecule has 1 rings (SSSR count). The second kappa shape index (κ2) is 4.21. The molecule has 0 radical (unpaired) electrons. The largest absolute Gasteiger partial charge is 0.495 e. The Bertz CT molecular complexity index is 252. The van der Waals surface area contributed by atoms with Crippen LogP contribution < -0.4 is 9.64 Å². The van der Waals surface area contributed by atoms with Crippen LogP contribution in [0.2, 0.25) is 0 Å². The van der Waals surface area contributed by atoms with Crippen LogP contribution in [0.15, 0.2) is 24.3 Å². The molecule has 0 saturated carbocycles. The molecule has 0 aliphatic heterocycles. The van der Waals surface area contributed by atoms with Crippen molar-refractivity contribution in [3.8, 4) is 5.75 Å². The lowest BCUT2D eigenvalue weighted by Gasteiger charge is -2.18. The molecule has 0 heterocycles. The third kappa shape index (κ3) is 1.83. The quantitative estimate of drug-likeness (QED) is 0.530. The number of alkyl halides is 1. The Labute approximate surface area is 77.7 Å². The van der Waals surface area contributed by atoms with E-state index in [1.165, 1.54) is 0 Å². The van der Waals surface area contributed by atoms with Crippen molar-refractivity contribution in [3.05, 3.63) is 24.3 Å². The van der Waals surface area contributed by atoms with Crippen LogP contribution in [0.25, 0.3) is 0 Å². The highest BCUT2D eigenvalue weighted by Gasteiger charge is 2.04. The molecule has 0 unspecified atom stereocenters. The normalized spacial score (nSPS) is 9.58. The molecular formula is C9H12ClNO. The van der Waals surface area contributed by atoms with Gasteiger partial charge in [0.15, 0.2) is 0 Å². The molecule has 3 heteroatoms. The van der Waals surface area contributed by atoms with Gasteiger partial charge in [-0.25, -0.2) is 0 Å². The van der Waals surface area contributed by atoms with Gasteiger partial charge < -0.3 is 9.64 Å². The molecule has 1 aromatic rings. The number of ether oxygens (including phenoxy) is 1. The lowest BCUT2D eigenvalue weighted by atomic mass is 10.3. The van der Waals surface area contributed by atoms with Crippen LogP contribution in [0, 0.1) is 0 Å². The molecule has 0 atom stereocenters. The van der Waals surface area contributed by atoms with E-state index in [4.69, 9.17) is 16.3 Å². The van der Waals surface area contributed by atoms with E-state index in [0.717, 1.165) is 11.4 Å². The summed E-state index contributed by atoms with van der Waals surface area (Å²) >= 11 is 5.69. The molecule has 0 aliphatic carbocycles. The zero-order valence-electron chi connectivity index (χ0n) is 7.25. The molecule has 0 amide bonds. The SMILES string of the molecule is COc1ccccc1N(C)CCl. The maximum absolute atomic E-state index is 5.69. The summed E-state index contributed by atoms with van der Waals surface area (Å²) < 4.78 is 5.17. The second-order valence-corrected chi connectivity index (χ2v) is 2.73. The Morgan fingerprint density at radius 3 is 2.67 bits per heavy atom. The second-order valence-electron chi connectivity index (χ2n) is 2.49. The van der Waals surface area contributed by atoms with E-state index in [9.17, 15) is 0 Å². The van der Waals surface area contributed by atoms with Crippen molar-refractivity contribution >= 4 is 17.3 Å². The average molecular weight is 186 g/mol. The van der Waals surface area contributed by atoms with Gasteiger partial charge in [0, 0.05) is 7.05 Å². The summed E-state index contributed by atoms with van der Waals surface area (Å²) in [7, 11) is 3.58. The highest BCUT2D eigenvalue weighted by molar-refractivity contribution is 6.19. The number of rotatable bonds is 3. The van der Waals surface area contributed by atoms with Gasteiger partial charge in [0.1, 0.15) is 5.75 Å². The zero-order valence-corrected chi connectivity index (χ0v) is 8.01. The van der Waals surface area contributed by atoms with Crippen molar-refractivity contribution < 1.29 is 4.74 Å². The van der Waals surface area contributed by atoms with Gasteiger partial charge in [-0.05, 0) is 12.1 Å². The number of benzene rings is 1. The van der Waals surface area contributed by atoms with Crippen LogP contribution in [0.5, 0.6) is 5.75 Å². The van der Waals surface area contributed by atoms with Gasteiger partial charge in [0.05, 0.1) is 18.8 Å². The van der Waals surface area contributed by atoms with Crippen LogP contribution in [-0.4, -0.2) is 20.2 Å². The summed E-state index contributed by atoms with van der Waals surface area (Å²) in [5, 5.41) is 0. The third-order valence-corrected chi connectivity index (χ3v) is 2.03. The topological polar surface area (TPSA) is 12.5 Å². The van der Waals surface area contributed by atoms with Gasteiger partial charge in [-0.3, -0.25) is 0 Å². The molecule has 0 fully saturated rings. The molecular weight excluding hydrogens is 174 g/mol. The van der Waals surface area contributed by atoms with E-state index in [1.807, 2.05) is 36.2 Å². The predicted octanol–water partition coefficient (Wildman–Crippen LogP) is 2.33. The van der Waals surface area contributed by atoms with Crippen molar-refractivity contribution in [2.75, 3.05) is 25.1 Å². The minimum atomic E-state index is 0.459. The van der Waals surface area contributed by atoms with E-state index in [-0.39, 0.29) is 0 Å². The summed E-state index contributed by atoms with van der Waals surface area (Å²) in [5.41, 5.74) is 1.01. The number of nitrogens with zero attached hydrogens (tertiary/aromatic N) is 1. The summed E-state index contributed by atoms with van der Waals surface area (Å²) in [6.45, 7) is 0. The molecule has 1 aromatic carbocycles. The summed E-state index contributed by atoms with van der Waals surface area (Å²) in [5.74, 6) is 0.848. The number of anilines is 1. The molecule has 2 nitrogen and oxygen atoms in total. The fourth-order valence-corrected chi connectivity index (χ4v) is 1.14. The zero-order chi connectivity index (χ0) is 8.97. The van der Waals surface area contributed by atoms with Crippen molar-refractivity contribution in [1.82, 2.24) is 0 Å². The van der Waals surface area contributed by atoms with Gasteiger partial charge >= 0.3 is 0 Å². The molecule has 0 aliphatic rings. The number of methoxy groups -OCH3 is 1. The maximum Gasteiger partial charge on any atom is 0.142 e. The van der Waals surface area contributed by atoms with Crippen molar-refractivity contribution in [3.63, 3.8) is 0 Å². The summed E-state index contributed by atoms with van der Waals surface area (Å²) in [6, 6.07) is 8.24. The van der Waals surface area contributed by atoms with E-state index in [2.05, 4.69) is 0 Å². The third-order valence-electron chi connectivity index (χ3n) is 1.68. The van der Waals surface area contributed by atoms with Crippen LogP contribution in [0.3, 0.4) is 0 Å². The Balaban J connectivity index is 2.96. The smallest absolute Gasteiger partial charge is 0.142 e. The van der Waals surface area contributed by atoms with E-state index in [1.54, 1.807) is 7.11 Å². The van der Waals surface area contributed by atoms with Crippen LogP contribution in [0.1, 0.15) is 0 Å². The van der Waals surface area contributed by atoms with Gasteiger partial charge in [0.25, 0.3) is 0 Å². The highest BCUT2D eigenvalue weighted by Crippen LogP contribution is 2.26. The van der Waals surface area contributed by atoms with E-state index < -0.39 is 0 Å². The van der Waals surface area contributed by atoms with Crippen molar-refractivity contribution in [2.45, 2.75) is 0 Å². The number of hydrogen-bond donors (Lipinski definition) is 0. The molecule has 66 valence electrons. The monoisotopic (exact) mass is 185 g/mol. The van der Waals surface area contributed by atoms with Crippen LogP contribution in [-0.2, 0) is 0 Å². The predicted molar refractivity (Wildman–Crippen MR) is 52.1 cm³/mol. The summed E-state index contributed by atoms with van der Waals surface area (Å²) in [6.07, 6.45) is 0. The van der Waals surface area contributed by atoms with Gasteiger partial charge in [-0.2, -0.15) is 0 Å². The highest BCUT2D eigenvalue weighted by atomic mass is 35.5. The maximum atomic E-state index is 5.69. The molecule has 0 bridgehead atoms. The van der Waals surface area contributed by atoms with Crippen LogP contribution in [0.4, 0.5) is 5.69 Å². The van der Waals surface area contributed by atoms with Gasteiger partial charge in [-0.15, -0.1) is 11.6 Å². The minimum absolute atomic E-state index is 0.459. The fourth-order valence-electron chi connectivity index (χ4n) is 1.01. The lowest BCUT2D eigenvalue weighted by Crippen LogP contribution is -2.14. The fraction of sp³-hybridized carbons (Fsp3) is 0.333. The molecule has 0 N–H and O–H groups in total. The number of halogens is 1. The standard InChI is InChI=1S/C9H12ClNO/c1-11(7-10)8-5-3-4-6-9(8)12-2/h3-6H,7H2,1-2H3. The first-order valence-corrected chi connectivity index (χ1v) is 4.23. The van der Waals surface area contributed by atoms with Crippen molar-refractivity contribution in [1.29, 1.82) is 0 Å². The first-order valence-electron chi connectivity index (χ1n) is 3.69. The first kappa shape index (κ1) is 9.20. The molecule has 0 aromatic heterocycles.